The lowest BCUT2D eigenvalue weighted by Gasteiger charge is -2.26. The molecular weight excluding hydrogens is 543 g/mol. The quantitative estimate of drug-likeness (QED) is 0.210. The normalized spacial score (nSPS) is 11.7. The summed E-state index contributed by atoms with van der Waals surface area (Å²) in [6.45, 7) is 0. The number of fused-ring (bicyclic) bond motifs is 7. The minimum Gasteiger partial charge on any atom is -0.454 e. The van der Waals surface area contributed by atoms with E-state index < -0.39 is 0 Å². The van der Waals surface area contributed by atoms with Gasteiger partial charge in [-0.2, -0.15) is 0 Å². The van der Waals surface area contributed by atoms with Gasteiger partial charge < -0.3 is 9.32 Å². The standard InChI is InChI=1S/C40H25NOS/c1-2-10-28-25-29(20-19-26(28)9-1)27-21-23-30(24-22-27)41(35-15-7-13-33-31-11-3-5-17-37(31)42-39(33)35)36-16-8-14-34-32-12-4-6-18-38(32)43-40(34)36/h1-25H. The van der Waals surface area contributed by atoms with Gasteiger partial charge in [-0.15, -0.1) is 11.3 Å². The molecule has 3 heteroatoms. The monoisotopic (exact) mass is 567 g/mol. The lowest BCUT2D eigenvalue weighted by molar-refractivity contribution is 0.669. The summed E-state index contributed by atoms with van der Waals surface area (Å²) in [4.78, 5) is 2.37. The van der Waals surface area contributed by atoms with Crippen LogP contribution in [0.5, 0.6) is 0 Å². The number of nitrogens with zero attached hydrogens (tertiary/aromatic N) is 1. The maximum absolute atomic E-state index is 6.57. The summed E-state index contributed by atoms with van der Waals surface area (Å²) in [5.41, 5.74) is 7.45. The van der Waals surface area contributed by atoms with Crippen LogP contribution in [-0.4, -0.2) is 0 Å². The Balaban J connectivity index is 1.27. The van der Waals surface area contributed by atoms with Gasteiger partial charge in [0.15, 0.2) is 5.58 Å². The number of thiophene rings is 1. The summed E-state index contributed by atoms with van der Waals surface area (Å²) in [7, 11) is 0. The van der Waals surface area contributed by atoms with E-state index in [1.807, 2.05) is 17.4 Å². The Morgan fingerprint density at radius 1 is 0.465 bits per heavy atom. The van der Waals surface area contributed by atoms with E-state index in [1.165, 1.54) is 42.1 Å². The Morgan fingerprint density at radius 2 is 1.14 bits per heavy atom. The lowest BCUT2D eigenvalue weighted by Crippen LogP contribution is -2.10. The Kier molecular flexibility index (Phi) is 5.40. The topological polar surface area (TPSA) is 16.4 Å². The van der Waals surface area contributed by atoms with Gasteiger partial charge >= 0.3 is 0 Å². The lowest BCUT2D eigenvalue weighted by atomic mass is 10.0. The molecule has 0 saturated heterocycles. The van der Waals surface area contributed by atoms with Gasteiger partial charge in [0.1, 0.15) is 5.58 Å². The average Bonchev–Trinajstić information content (AvgIpc) is 3.65. The van der Waals surface area contributed by atoms with Gasteiger partial charge in [-0.1, -0.05) is 109 Å². The highest BCUT2D eigenvalue weighted by Gasteiger charge is 2.22. The molecule has 0 aliphatic heterocycles. The van der Waals surface area contributed by atoms with Crippen LogP contribution in [-0.2, 0) is 0 Å². The fourth-order valence-electron chi connectivity index (χ4n) is 6.40. The summed E-state index contributed by atoms with van der Waals surface area (Å²) < 4.78 is 9.12. The number of benzene rings is 7. The van der Waals surface area contributed by atoms with E-state index in [-0.39, 0.29) is 0 Å². The zero-order valence-electron chi connectivity index (χ0n) is 23.2. The predicted octanol–water partition coefficient (Wildman–Crippen LogP) is 12.2. The molecule has 0 unspecified atom stereocenters. The number of furan rings is 1. The third kappa shape index (κ3) is 3.86. The Labute approximate surface area is 252 Å². The maximum atomic E-state index is 6.57. The van der Waals surface area contributed by atoms with Crippen LogP contribution in [0.4, 0.5) is 17.1 Å². The van der Waals surface area contributed by atoms with E-state index in [0.717, 1.165) is 39.0 Å². The van der Waals surface area contributed by atoms with Gasteiger partial charge in [0.25, 0.3) is 0 Å². The van der Waals surface area contributed by atoms with Crippen molar-refractivity contribution in [2.45, 2.75) is 0 Å². The minimum atomic E-state index is 0.889. The van der Waals surface area contributed by atoms with Crippen molar-refractivity contribution in [1.29, 1.82) is 0 Å². The highest BCUT2D eigenvalue weighted by molar-refractivity contribution is 7.26. The molecule has 0 spiro atoms. The molecule has 0 fully saturated rings. The SMILES string of the molecule is c1ccc2cc(-c3ccc(N(c4cccc5c4oc4ccccc45)c4cccc5c4sc4ccccc45)cc3)ccc2c1. The number of hydrogen-bond acceptors (Lipinski definition) is 3. The first-order chi connectivity index (χ1) is 21.3. The summed E-state index contributed by atoms with van der Waals surface area (Å²) in [5.74, 6) is 0. The van der Waals surface area contributed by atoms with Crippen molar-refractivity contribution in [2.24, 2.45) is 0 Å². The zero-order valence-corrected chi connectivity index (χ0v) is 24.0. The van der Waals surface area contributed by atoms with Crippen molar-refractivity contribution in [1.82, 2.24) is 0 Å². The number of rotatable bonds is 4. The number of hydrogen-bond donors (Lipinski definition) is 0. The third-order valence-electron chi connectivity index (χ3n) is 8.46. The molecule has 2 heterocycles. The predicted molar refractivity (Wildman–Crippen MR) is 184 cm³/mol. The van der Waals surface area contributed by atoms with Crippen molar-refractivity contribution in [3.05, 3.63) is 152 Å². The molecule has 43 heavy (non-hydrogen) atoms. The first kappa shape index (κ1) is 24.2. The molecular formula is C40H25NOS. The summed E-state index contributed by atoms with van der Waals surface area (Å²) in [5, 5.41) is 7.31. The van der Waals surface area contributed by atoms with Crippen LogP contribution in [0.1, 0.15) is 0 Å². The summed E-state index contributed by atoms with van der Waals surface area (Å²) in [6, 6.07) is 54.2. The van der Waals surface area contributed by atoms with E-state index in [4.69, 9.17) is 4.42 Å². The van der Waals surface area contributed by atoms with Gasteiger partial charge in [0.2, 0.25) is 0 Å². The van der Waals surface area contributed by atoms with Crippen molar-refractivity contribution < 1.29 is 4.42 Å². The molecule has 0 N–H and O–H groups in total. The van der Waals surface area contributed by atoms with Crippen LogP contribution in [0.2, 0.25) is 0 Å². The first-order valence-corrected chi connectivity index (χ1v) is 15.3. The van der Waals surface area contributed by atoms with Crippen LogP contribution in [0.15, 0.2) is 156 Å². The summed E-state index contributed by atoms with van der Waals surface area (Å²) in [6.07, 6.45) is 0. The molecule has 0 atom stereocenters. The van der Waals surface area contributed by atoms with Gasteiger partial charge in [-0.3, -0.25) is 0 Å². The van der Waals surface area contributed by atoms with Gasteiger partial charge in [-0.25, -0.2) is 0 Å². The summed E-state index contributed by atoms with van der Waals surface area (Å²) >= 11 is 1.85. The van der Waals surface area contributed by atoms with Gasteiger partial charge in [0.05, 0.1) is 16.1 Å². The molecule has 0 radical (unpaired) electrons. The van der Waals surface area contributed by atoms with Crippen molar-refractivity contribution in [2.75, 3.05) is 4.90 Å². The van der Waals surface area contributed by atoms with Crippen LogP contribution < -0.4 is 4.90 Å². The van der Waals surface area contributed by atoms with E-state index in [0.29, 0.717) is 0 Å². The molecule has 0 saturated carbocycles. The molecule has 7 aromatic carbocycles. The highest BCUT2D eigenvalue weighted by atomic mass is 32.1. The van der Waals surface area contributed by atoms with Gasteiger partial charge in [-0.05, 0) is 64.4 Å². The number of para-hydroxylation sites is 2. The molecule has 0 aliphatic rings. The molecule has 0 aliphatic carbocycles. The smallest absolute Gasteiger partial charge is 0.159 e. The fraction of sp³-hybridized carbons (Fsp3) is 0. The largest absolute Gasteiger partial charge is 0.454 e. The fourth-order valence-corrected chi connectivity index (χ4v) is 7.60. The number of anilines is 3. The average molecular weight is 568 g/mol. The van der Waals surface area contributed by atoms with E-state index >= 15 is 0 Å². The van der Waals surface area contributed by atoms with E-state index in [2.05, 4.69) is 150 Å². The van der Waals surface area contributed by atoms with Crippen LogP contribution >= 0.6 is 11.3 Å². The van der Waals surface area contributed by atoms with Crippen molar-refractivity contribution >= 4 is 81.3 Å². The zero-order chi connectivity index (χ0) is 28.3. The second-order valence-corrected chi connectivity index (χ2v) is 12.0. The second kappa shape index (κ2) is 9.59. The molecule has 0 bridgehead atoms. The molecule has 9 aromatic rings. The van der Waals surface area contributed by atoms with Crippen LogP contribution in [0.25, 0.3) is 64.0 Å². The Morgan fingerprint density at radius 3 is 2.02 bits per heavy atom. The van der Waals surface area contributed by atoms with Gasteiger partial charge in [0, 0.05) is 31.9 Å². The van der Waals surface area contributed by atoms with Crippen LogP contribution in [0.3, 0.4) is 0 Å². The molecule has 202 valence electrons. The molecule has 2 nitrogen and oxygen atoms in total. The highest BCUT2D eigenvalue weighted by Crippen LogP contribution is 2.47. The minimum absolute atomic E-state index is 0.889. The van der Waals surface area contributed by atoms with Crippen LogP contribution in [0, 0.1) is 0 Å². The first-order valence-electron chi connectivity index (χ1n) is 14.5. The third-order valence-corrected chi connectivity index (χ3v) is 9.67. The second-order valence-electron chi connectivity index (χ2n) is 10.9. The molecule has 0 amide bonds. The van der Waals surface area contributed by atoms with Crippen molar-refractivity contribution in [3.63, 3.8) is 0 Å². The Bertz CT molecular complexity index is 2350. The van der Waals surface area contributed by atoms with E-state index in [9.17, 15) is 0 Å². The van der Waals surface area contributed by atoms with E-state index in [1.54, 1.807) is 0 Å². The molecule has 2 aromatic heterocycles. The van der Waals surface area contributed by atoms with Crippen molar-refractivity contribution in [3.8, 4) is 11.1 Å². The molecule has 9 rings (SSSR count). The Hall–Kier alpha value is -5.38. The maximum Gasteiger partial charge on any atom is 0.159 e.